The fourth-order valence-corrected chi connectivity index (χ4v) is 4.12. The molecule has 6 nitrogen and oxygen atoms in total. The molecule has 1 aliphatic heterocycles. The summed E-state index contributed by atoms with van der Waals surface area (Å²) in [4.78, 5) is 12.4. The SMILES string of the molecule is O=C(NS(=O)(=O)c1ccccc1Br)c1cccc2c1OCCO2. The average molecular weight is 398 g/mol. The molecule has 0 bridgehead atoms. The number of carbonyl (C=O) groups excluding carboxylic acids is 1. The number of hydrogen-bond acceptors (Lipinski definition) is 5. The van der Waals surface area contributed by atoms with Gasteiger partial charge in [0.1, 0.15) is 18.1 Å². The maximum atomic E-state index is 12.4. The molecule has 0 radical (unpaired) electrons. The van der Waals surface area contributed by atoms with E-state index in [4.69, 9.17) is 9.47 Å². The summed E-state index contributed by atoms with van der Waals surface area (Å²) in [7, 11) is -4.01. The summed E-state index contributed by atoms with van der Waals surface area (Å²) in [5.41, 5.74) is 0.109. The number of para-hydroxylation sites is 1. The quantitative estimate of drug-likeness (QED) is 0.859. The van der Waals surface area contributed by atoms with Gasteiger partial charge < -0.3 is 9.47 Å². The third-order valence-corrected chi connectivity index (χ3v) is 5.51. The van der Waals surface area contributed by atoms with E-state index in [1.165, 1.54) is 12.1 Å². The number of nitrogens with one attached hydrogen (secondary N) is 1. The first-order chi connectivity index (χ1) is 11.0. The van der Waals surface area contributed by atoms with E-state index in [1.54, 1.807) is 30.3 Å². The van der Waals surface area contributed by atoms with Crippen LogP contribution < -0.4 is 14.2 Å². The van der Waals surface area contributed by atoms with Crippen molar-refractivity contribution in [3.8, 4) is 11.5 Å². The van der Waals surface area contributed by atoms with Gasteiger partial charge in [0, 0.05) is 4.47 Å². The van der Waals surface area contributed by atoms with Crippen molar-refractivity contribution in [3.63, 3.8) is 0 Å². The fraction of sp³-hybridized carbons (Fsp3) is 0.133. The average Bonchev–Trinajstić information content (AvgIpc) is 2.54. The van der Waals surface area contributed by atoms with Gasteiger partial charge in [-0.25, -0.2) is 13.1 Å². The zero-order valence-corrected chi connectivity index (χ0v) is 14.2. The highest BCUT2D eigenvalue weighted by atomic mass is 79.9. The molecule has 1 heterocycles. The standard InChI is InChI=1S/C15H12BrNO5S/c16-11-5-1-2-7-13(11)23(19,20)17-15(18)10-4-3-6-12-14(10)22-9-8-21-12/h1-7H,8-9H2,(H,17,18). The third kappa shape index (κ3) is 3.18. The third-order valence-electron chi connectivity index (χ3n) is 3.16. The Kier molecular flexibility index (Phi) is 4.27. The van der Waals surface area contributed by atoms with E-state index in [1.807, 2.05) is 4.72 Å². The Morgan fingerprint density at radius 1 is 1.04 bits per heavy atom. The van der Waals surface area contributed by atoms with E-state index in [2.05, 4.69) is 15.9 Å². The lowest BCUT2D eigenvalue weighted by Gasteiger charge is -2.20. The summed E-state index contributed by atoms with van der Waals surface area (Å²) in [6, 6.07) is 11.0. The Balaban J connectivity index is 1.92. The predicted molar refractivity (Wildman–Crippen MR) is 86.2 cm³/mol. The molecule has 0 unspecified atom stereocenters. The van der Waals surface area contributed by atoms with Gasteiger partial charge in [0.15, 0.2) is 11.5 Å². The number of ether oxygens (including phenoxy) is 2. The van der Waals surface area contributed by atoms with Gasteiger partial charge in [0.2, 0.25) is 0 Å². The second kappa shape index (κ2) is 6.21. The van der Waals surface area contributed by atoms with Crippen LogP contribution in [0.3, 0.4) is 0 Å². The summed E-state index contributed by atoms with van der Waals surface area (Å²) in [6.45, 7) is 0.682. The second-order valence-corrected chi connectivity index (χ2v) is 7.20. The Labute approximate surface area is 141 Å². The van der Waals surface area contributed by atoms with Gasteiger partial charge in [-0.15, -0.1) is 0 Å². The molecule has 0 saturated carbocycles. The van der Waals surface area contributed by atoms with Crippen molar-refractivity contribution in [2.45, 2.75) is 4.90 Å². The molecule has 2 aromatic carbocycles. The number of rotatable bonds is 3. The smallest absolute Gasteiger partial charge is 0.268 e. The van der Waals surface area contributed by atoms with Crippen molar-refractivity contribution in [3.05, 3.63) is 52.5 Å². The van der Waals surface area contributed by atoms with Crippen LogP contribution in [-0.2, 0) is 10.0 Å². The van der Waals surface area contributed by atoms with Crippen LogP contribution in [0.4, 0.5) is 0 Å². The maximum absolute atomic E-state index is 12.4. The Hall–Kier alpha value is -2.06. The van der Waals surface area contributed by atoms with Gasteiger partial charge in [0.05, 0.1) is 5.56 Å². The summed E-state index contributed by atoms with van der Waals surface area (Å²) in [6.07, 6.45) is 0. The molecule has 0 aromatic heterocycles. The molecule has 23 heavy (non-hydrogen) atoms. The summed E-state index contributed by atoms with van der Waals surface area (Å²) in [5.74, 6) is -0.108. The van der Waals surface area contributed by atoms with Crippen molar-refractivity contribution in [2.24, 2.45) is 0 Å². The van der Waals surface area contributed by atoms with E-state index in [-0.39, 0.29) is 16.2 Å². The molecule has 120 valence electrons. The molecule has 8 heteroatoms. The molecule has 0 atom stereocenters. The summed E-state index contributed by atoms with van der Waals surface area (Å²) in [5, 5.41) is 0. The van der Waals surface area contributed by atoms with Crippen molar-refractivity contribution in [2.75, 3.05) is 13.2 Å². The molecule has 0 saturated heterocycles. The Bertz CT molecular complexity index is 866. The van der Waals surface area contributed by atoms with Crippen LogP contribution in [0.1, 0.15) is 10.4 Å². The first kappa shape index (κ1) is 15.8. The molecule has 0 fully saturated rings. The number of carbonyl (C=O) groups is 1. The number of halogens is 1. The van der Waals surface area contributed by atoms with Gasteiger partial charge in [0.25, 0.3) is 15.9 Å². The largest absolute Gasteiger partial charge is 0.486 e. The van der Waals surface area contributed by atoms with Gasteiger partial charge in [-0.1, -0.05) is 18.2 Å². The van der Waals surface area contributed by atoms with Crippen LogP contribution in [0.5, 0.6) is 11.5 Å². The summed E-state index contributed by atoms with van der Waals surface area (Å²) >= 11 is 3.16. The van der Waals surface area contributed by atoms with Crippen molar-refractivity contribution < 1.29 is 22.7 Å². The second-order valence-electron chi connectivity index (χ2n) is 4.69. The highest BCUT2D eigenvalue weighted by Crippen LogP contribution is 2.33. The van der Waals surface area contributed by atoms with Crippen molar-refractivity contribution in [1.29, 1.82) is 0 Å². The van der Waals surface area contributed by atoms with Crippen LogP contribution in [0.2, 0.25) is 0 Å². The van der Waals surface area contributed by atoms with Crippen LogP contribution in [-0.4, -0.2) is 27.5 Å². The Morgan fingerprint density at radius 3 is 2.57 bits per heavy atom. The van der Waals surface area contributed by atoms with Crippen LogP contribution in [0.25, 0.3) is 0 Å². The van der Waals surface area contributed by atoms with Gasteiger partial charge in [-0.3, -0.25) is 4.79 Å². The topological polar surface area (TPSA) is 81.7 Å². The minimum absolute atomic E-state index is 0.0182. The minimum atomic E-state index is -4.01. The fourth-order valence-electron chi connectivity index (χ4n) is 2.15. The number of fused-ring (bicyclic) bond motifs is 1. The molecule has 0 spiro atoms. The molecule has 0 aliphatic carbocycles. The molecular weight excluding hydrogens is 386 g/mol. The van der Waals surface area contributed by atoms with E-state index in [0.717, 1.165) is 0 Å². The lowest BCUT2D eigenvalue weighted by Crippen LogP contribution is -2.31. The molecule has 1 N–H and O–H groups in total. The first-order valence-electron chi connectivity index (χ1n) is 6.69. The van der Waals surface area contributed by atoms with Gasteiger partial charge in [-0.2, -0.15) is 0 Å². The molecule has 3 rings (SSSR count). The van der Waals surface area contributed by atoms with Crippen LogP contribution in [0.15, 0.2) is 51.8 Å². The highest BCUT2D eigenvalue weighted by Gasteiger charge is 2.25. The van der Waals surface area contributed by atoms with Crippen LogP contribution in [0, 0.1) is 0 Å². The molecule has 1 amide bonds. The molecular formula is C15H12BrNO5S. The summed E-state index contributed by atoms with van der Waals surface area (Å²) < 4.78 is 38.0. The van der Waals surface area contributed by atoms with E-state index >= 15 is 0 Å². The van der Waals surface area contributed by atoms with Crippen molar-refractivity contribution >= 4 is 31.9 Å². The lowest BCUT2D eigenvalue weighted by atomic mass is 10.1. The highest BCUT2D eigenvalue weighted by molar-refractivity contribution is 9.10. The maximum Gasteiger partial charge on any atom is 0.268 e. The van der Waals surface area contributed by atoms with Crippen LogP contribution >= 0.6 is 15.9 Å². The monoisotopic (exact) mass is 397 g/mol. The van der Waals surface area contributed by atoms with Gasteiger partial charge >= 0.3 is 0 Å². The number of benzene rings is 2. The van der Waals surface area contributed by atoms with E-state index in [9.17, 15) is 13.2 Å². The predicted octanol–water partition coefficient (Wildman–Crippen LogP) is 2.34. The molecule has 1 aliphatic rings. The minimum Gasteiger partial charge on any atom is -0.486 e. The van der Waals surface area contributed by atoms with Gasteiger partial charge in [-0.05, 0) is 40.2 Å². The zero-order valence-electron chi connectivity index (χ0n) is 11.8. The zero-order chi connectivity index (χ0) is 16.4. The first-order valence-corrected chi connectivity index (χ1v) is 8.97. The Morgan fingerprint density at radius 2 is 1.78 bits per heavy atom. The number of amides is 1. The lowest BCUT2D eigenvalue weighted by molar-refractivity contribution is 0.0970. The molecule has 2 aromatic rings. The normalized spacial score (nSPS) is 13.4. The van der Waals surface area contributed by atoms with Crippen molar-refractivity contribution in [1.82, 2.24) is 4.72 Å². The van der Waals surface area contributed by atoms with E-state index < -0.39 is 15.9 Å². The van der Waals surface area contributed by atoms with E-state index in [0.29, 0.717) is 23.4 Å². The number of hydrogen-bond donors (Lipinski definition) is 1. The number of sulfonamides is 1.